The van der Waals surface area contributed by atoms with Gasteiger partial charge in [-0.3, -0.25) is 6.08 Å². The zero-order valence-electron chi connectivity index (χ0n) is 24.9. The van der Waals surface area contributed by atoms with Gasteiger partial charge in [0, 0.05) is 0 Å². The molecule has 0 aromatic heterocycles. The molecule has 1 heteroatoms. The quantitative estimate of drug-likeness (QED) is 0.172. The molecule has 0 atom stereocenters. The maximum atomic E-state index is 3.30. The van der Waals surface area contributed by atoms with E-state index in [9.17, 15) is 0 Å². The van der Waals surface area contributed by atoms with Gasteiger partial charge in [-0.25, -0.2) is 11.6 Å². The van der Waals surface area contributed by atoms with Crippen LogP contribution in [0.4, 0.5) is 0 Å². The molecular formula is C41H38Zr-4. The topological polar surface area (TPSA) is 0 Å². The molecule has 7 rings (SSSR count). The summed E-state index contributed by atoms with van der Waals surface area (Å²) in [6, 6.07) is 49.8. The van der Waals surface area contributed by atoms with Crippen LogP contribution in [0.25, 0.3) is 11.1 Å². The molecule has 0 heterocycles. The minimum Gasteiger partial charge on any atom is -0.179 e. The van der Waals surface area contributed by atoms with E-state index in [1.54, 1.807) is 0 Å². The van der Waals surface area contributed by atoms with Crippen molar-refractivity contribution in [3.8, 4) is 11.1 Å². The van der Waals surface area contributed by atoms with Crippen LogP contribution in [0.2, 0.25) is 0 Å². The molecule has 0 bridgehead atoms. The van der Waals surface area contributed by atoms with E-state index in [0.29, 0.717) is 0 Å². The molecule has 0 aliphatic heterocycles. The largest absolute Gasteiger partial charge is 0.179 e. The number of allylic oxidation sites excluding steroid dienone is 4. The van der Waals surface area contributed by atoms with E-state index in [-0.39, 0.29) is 14.9 Å². The fourth-order valence-electron chi connectivity index (χ4n) is 4.99. The second-order valence-electron chi connectivity index (χ2n) is 9.98. The van der Waals surface area contributed by atoms with Crippen LogP contribution >= 0.6 is 0 Å². The van der Waals surface area contributed by atoms with E-state index in [2.05, 4.69) is 153 Å². The average Bonchev–Trinajstić information content (AvgIpc) is 3.61. The maximum Gasteiger partial charge on any atom is -0.0253 e. The summed E-state index contributed by atoms with van der Waals surface area (Å²) in [4.78, 5) is 0. The molecule has 0 saturated heterocycles. The minimum absolute atomic E-state index is 0. The molecule has 42 heavy (non-hydrogen) atoms. The first-order valence-electron chi connectivity index (χ1n) is 13.8. The maximum absolute atomic E-state index is 3.30. The molecule has 0 unspecified atom stereocenters. The second kappa shape index (κ2) is 16.7. The molecule has 210 valence electrons. The van der Waals surface area contributed by atoms with Crippen molar-refractivity contribution in [3.05, 3.63) is 205 Å². The Kier molecular flexibility index (Phi) is 13.1. The van der Waals surface area contributed by atoms with Crippen LogP contribution in [0.1, 0.15) is 41.2 Å². The molecule has 0 N–H and O–H groups in total. The zero-order valence-corrected chi connectivity index (χ0v) is 27.4. The Hall–Kier alpha value is -3.67. The van der Waals surface area contributed by atoms with Gasteiger partial charge in [-0.1, -0.05) is 65.7 Å². The van der Waals surface area contributed by atoms with E-state index < -0.39 is 0 Å². The monoisotopic (exact) mass is 620 g/mol. The summed E-state index contributed by atoms with van der Waals surface area (Å²) in [5.41, 5.74) is 12.5. The van der Waals surface area contributed by atoms with Crippen LogP contribution in [-0.4, -0.2) is 3.21 Å². The summed E-state index contributed by atoms with van der Waals surface area (Å²) in [5.74, 6) is 0. The predicted octanol–water partition coefficient (Wildman–Crippen LogP) is 10.1. The third-order valence-electron chi connectivity index (χ3n) is 7.19. The smallest absolute Gasteiger partial charge is 0.0253 e. The van der Waals surface area contributed by atoms with Crippen LogP contribution in [-0.2, 0) is 37.1 Å². The summed E-state index contributed by atoms with van der Waals surface area (Å²) >= 11 is 1.46. The molecule has 0 saturated carbocycles. The standard InChI is InChI=1S/C13H9.C13H13.C13H10.2CH3.Zr/c1-3-7-12-10(5-1)9-11-6-2-4-8-13(11)12;1-11-6-5-9-13(11)10-12-7-3-2-4-8-12;1-3-7-12(8-4-1)11-13-9-5-2-6-10-13;;;/h1-5,7-8H,9H2;2-4,6-8H,9-10H2,1H3;1-10H;2*1H3;/q2*-1;;2*-1;. The van der Waals surface area contributed by atoms with Crippen LogP contribution in [0.5, 0.6) is 0 Å². The van der Waals surface area contributed by atoms with Crippen molar-refractivity contribution < 1.29 is 24.2 Å². The number of hydrogen-bond acceptors (Lipinski definition) is 0. The number of benzene rings is 5. The van der Waals surface area contributed by atoms with Crippen molar-refractivity contribution in [3.63, 3.8) is 0 Å². The molecule has 0 fully saturated rings. The van der Waals surface area contributed by atoms with Crippen LogP contribution < -0.4 is 0 Å². The van der Waals surface area contributed by atoms with Gasteiger partial charge in [0.1, 0.15) is 0 Å². The molecule has 2 aliphatic rings. The van der Waals surface area contributed by atoms with Gasteiger partial charge in [0.05, 0.1) is 0 Å². The van der Waals surface area contributed by atoms with Gasteiger partial charge in [-0.2, -0.15) is 35.4 Å². The summed E-state index contributed by atoms with van der Waals surface area (Å²) in [6.45, 7) is 2.16. The van der Waals surface area contributed by atoms with Crippen molar-refractivity contribution in [2.24, 2.45) is 0 Å². The summed E-state index contributed by atoms with van der Waals surface area (Å²) in [5, 5.41) is 0. The number of rotatable bonds is 4. The van der Waals surface area contributed by atoms with E-state index in [0.717, 1.165) is 19.3 Å². The Balaban J connectivity index is 0.000000169. The van der Waals surface area contributed by atoms with Crippen molar-refractivity contribution in [2.45, 2.75) is 26.2 Å². The first kappa shape index (κ1) is 32.8. The molecule has 0 nitrogen and oxygen atoms in total. The predicted molar refractivity (Wildman–Crippen MR) is 178 cm³/mol. The third-order valence-corrected chi connectivity index (χ3v) is 8.61. The molecule has 0 radical (unpaired) electrons. The summed E-state index contributed by atoms with van der Waals surface area (Å²) < 4.78 is 1.42. The van der Waals surface area contributed by atoms with E-state index >= 15 is 0 Å². The van der Waals surface area contributed by atoms with Crippen molar-refractivity contribution in [2.75, 3.05) is 0 Å². The van der Waals surface area contributed by atoms with Crippen LogP contribution in [0.15, 0.2) is 151 Å². The molecular weight excluding hydrogens is 584 g/mol. The fraction of sp³-hybridized carbons (Fsp3) is 0.0976. The minimum atomic E-state index is 0. The summed E-state index contributed by atoms with van der Waals surface area (Å²) in [6.07, 6.45) is 8.48. The van der Waals surface area contributed by atoms with Crippen LogP contribution in [0, 0.1) is 27.0 Å². The first-order valence-corrected chi connectivity index (χ1v) is 15.0. The van der Waals surface area contributed by atoms with Gasteiger partial charge in [0.25, 0.3) is 0 Å². The molecule has 2 aliphatic carbocycles. The van der Waals surface area contributed by atoms with Gasteiger partial charge >= 0.3 is 99.2 Å². The molecule has 5 aromatic carbocycles. The zero-order chi connectivity index (χ0) is 27.6. The average molecular weight is 622 g/mol. The van der Waals surface area contributed by atoms with Crippen molar-refractivity contribution >= 4 is 3.21 Å². The van der Waals surface area contributed by atoms with Gasteiger partial charge < -0.3 is 14.9 Å². The van der Waals surface area contributed by atoms with Gasteiger partial charge in [0.15, 0.2) is 0 Å². The molecule has 0 amide bonds. The van der Waals surface area contributed by atoms with Gasteiger partial charge in [-0.15, -0.1) is 18.9 Å². The van der Waals surface area contributed by atoms with E-state index in [1.807, 2.05) is 6.07 Å². The van der Waals surface area contributed by atoms with E-state index in [1.165, 1.54) is 77.5 Å². The van der Waals surface area contributed by atoms with Crippen molar-refractivity contribution in [1.82, 2.24) is 0 Å². The SMILES string of the molecule is CC1=C(Cc2ccccc2)C[C-]=C1.[CH3-].[CH3-].[Zr]=[C](c1ccccc1)c1ccccc1.[c-]1cccc2c1Cc1ccccc1-2. The van der Waals surface area contributed by atoms with Gasteiger partial charge in [0.2, 0.25) is 0 Å². The Morgan fingerprint density at radius 2 is 1.21 bits per heavy atom. The molecule has 5 aromatic rings. The fourth-order valence-corrected chi connectivity index (χ4v) is 5.81. The van der Waals surface area contributed by atoms with Crippen LogP contribution in [0.3, 0.4) is 0 Å². The third kappa shape index (κ3) is 8.67. The summed E-state index contributed by atoms with van der Waals surface area (Å²) in [7, 11) is 0. The Morgan fingerprint density at radius 3 is 1.81 bits per heavy atom. The molecule has 0 spiro atoms. The normalized spacial score (nSPS) is 11.8. The Labute approximate surface area is 268 Å². The van der Waals surface area contributed by atoms with Gasteiger partial charge in [-0.05, 0) is 18.4 Å². The second-order valence-corrected chi connectivity index (χ2v) is 11.2. The van der Waals surface area contributed by atoms with E-state index in [4.69, 9.17) is 0 Å². The first-order chi connectivity index (χ1) is 19.7. The number of hydrogen-bond donors (Lipinski definition) is 0. The Morgan fingerprint density at radius 1 is 0.667 bits per heavy atom. The number of fused-ring (bicyclic) bond motifs is 3. The van der Waals surface area contributed by atoms with Crippen molar-refractivity contribution in [1.29, 1.82) is 0 Å². The Bertz CT molecular complexity index is 1520.